The van der Waals surface area contributed by atoms with Crippen molar-refractivity contribution in [2.24, 2.45) is 0 Å². The summed E-state index contributed by atoms with van der Waals surface area (Å²) in [6.45, 7) is 6.65. The molecule has 5 heteroatoms. The number of anilines is 1. The summed E-state index contributed by atoms with van der Waals surface area (Å²) in [5.41, 5.74) is 1.33. The SMILES string of the molecule is C=CCNC(=O)c1ccccc1NC(=O)c1cccc(OCCCC)c1. The molecule has 2 amide bonds. The van der Waals surface area contributed by atoms with Gasteiger partial charge in [0.25, 0.3) is 11.8 Å². The maximum absolute atomic E-state index is 12.6. The quantitative estimate of drug-likeness (QED) is 0.529. The molecule has 0 saturated carbocycles. The lowest BCUT2D eigenvalue weighted by atomic mass is 10.1. The number of ether oxygens (including phenoxy) is 1. The molecule has 0 aliphatic rings. The fourth-order valence-electron chi connectivity index (χ4n) is 2.31. The third kappa shape index (κ3) is 5.48. The molecule has 0 aliphatic heterocycles. The van der Waals surface area contributed by atoms with Gasteiger partial charge in [-0.25, -0.2) is 0 Å². The van der Waals surface area contributed by atoms with Crippen molar-refractivity contribution in [3.8, 4) is 5.75 Å². The second-order valence-electron chi connectivity index (χ2n) is 5.73. The van der Waals surface area contributed by atoms with Gasteiger partial charge in [-0.05, 0) is 36.8 Å². The van der Waals surface area contributed by atoms with Crippen molar-refractivity contribution in [1.82, 2.24) is 5.32 Å². The van der Waals surface area contributed by atoms with Crippen molar-refractivity contribution in [2.75, 3.05) is 18.5 Å². The van der Waals surface area contributed by atoms with E-state index in [0.717, 1.165) is 12.8 Å². The van der Waals surface area contributed by atoms with Crippen molar-refractivity contribution in [2.45, 2.75) is 19.8 Å². The Hall–Kier alpha value is -3.08. The smallest absolute Gasteiger partial charge is 0.255 e. The molecule has 0 aromatic heterocycles. The van der Waals surface area contributed by atoms with Crippen LogP contribution in [0.1, 0.15) is 40.5 Å². The van der Waals surface area contributed by atoms with Gasteiger partial charge in [0.1, 0.15) is 5.75 Å². The minimum Gasteiger partial charge on any atom is -0.494 e. The number of hydrogen-bond acceptors (Lipinski definition) is 3. The summed E-state index contributed by atoms with van der Waals surface area (Å²) in [6.07, 6.45) is 3.61. The number of benzene rings is 2. The van der Waals surface area contributed by atoms with Crippen LogP contribution in [0.15, 0.2) is 61.2 Å². The predicted molar refractivity (Wildman–Crippen MR) is 104 cm³/mol. The van der Waals surface area contributed by atoms with Crippen molar-refractivity contribution in [3.63, 3.8) is 0 Å². The van der Waals surface area contributed by atoms with E-state index in [9.17, 15) is 9.59 Å². The van der Waals surface area contributed by atoms with Gasteiger partial charge in [-0.2, -0.15) is 0 Å². The van der Waals surface area contributed by atoms with Crippen LogP contribution in [-0.2, 0) is 0 Å². The van der Waals surface area contributed by atoms with Crippen LogP contribution in [0.25, 0.3) is 0 Å². The first-order valence-electron chi connectivity index (χ1n) is 8.68. The van der Waals surface area contributed by atoms with Crippen molar-refractivity contribution in [3.05, 3.63) is 72.3 Å². The number of amides is 2. The van der Waals surface area contributed by atoms with E-state index in [1.807, 2.05) is 6.07 Å². The molecular weight excluding hydrogens is 328 g/mol. The van der Waals surface area contributed by atoms with E-state index in [1.165, 1.54) is 0 Å². The average molecular weight is 352 g/mol. The summed E-state index contributed by atoms with van der Waals surface area (Å²) in [5.74, 6) is 0.0930. The summed E-state index contributed by atoms with van der Waals surface area (Å²) in [4.78, 5) is 24.8. The van der Waals surface area contributed by atoms with Crippen molar-refractivity contribution in [1.29, 1.82) is 0 Å². The maximum atomic E-state index is 12.6. The van der Waals surface area contributed by atoms with Crippen molar-refractivity contribution < 1.29 is 14.3 Å². The van der Waals surface area contributed by atoms with Gasteiger partial charge in [-0.1, -0.05) is 37.6 Å². The first-order valence-corrected chi connectivity index (χ1v) is 8.68. The minimum atomic E-state index is -0.296. The second kappa shape index (κ2) is 10.0. The van der Waals surface area contributed by atoms with Crippen LogP contribution in [0.3, 0.4) is 0 Å². The lowest BCUT2D eigenvalue weighted by Gasteiger charge is -2.12. The first-order chi connectivity index (χ1) is 12.7. The number of nitrogens with one attached hydrogen (secondary N) is 2. The molecule has 0 bridgehead atoms. The topological polar surface area (TPSA) is 67.4 Å². The standard InChI is InChI=1S/C21H24N2O3/c1-3-5-14-26-17-10-8-9-16(15-17)20(24)23-19-12-7-6-11-18(19)21(25)22-13-4-2/h4,6-12,15H,2-3,5,13-14H2,1H3,(H,22,25)(H,23,24). The lowest BCUT2D eigenvalue weighted by molar-refractivity contribution is 0.0959. The first kappa shape index (κ1) is 19.2. The molecule has 2 N–H and O–H groups in total. The van der Waals surface area contributed by atoms with E-state index < -0.39 is 0 Å². The van der Waals surface area contributed by atoms with Gasteiger partial charge in [0.05, 0.1) is 17.9 Å². The van der Waals surface area contributed by atoms with Gasteiger partial charge < -0.3 is 15.4 Å². The zero-order chi connectivity index (χ0) is 18.8. The van der Waals surface area contributed by atoms with Gasteiger partial charge in [0.15, 0.2) is 0 Å². The van der Waals surface area contributed by atoms with E-state index in [1.54, 1.807) is 48.5 Å². The third-order valence-corrected chi connectivity index (χ3v) is 3.69. The summed E-state index contributed by atoms with van der Waals surface area (Å²) >= 11 is 0. The molecule has 5 nitrogen and oxygen atoms in total. The highest BCUT2D eigenvalue weighted by atomic mass is 16.5. The van der Waals surface area contributed by atoms with E-state index in [-0.39, 0.29) is 11.8 Å². The number of unbranched alkanes of at least 4 members (excludes halogenated alkanes) is 1. The second-order valence-corrected chi connectivity index (χ2v) is 5.73. The van der Waals surface area contributed by atoms with E-state index >= 15 is 0 Å². The molecular formula is C21H24N2O3. The molecule has 2 aromatic rings. The van der Waals surface area contributed by atoms with E-state index in [0.29, 0.717) is 35.7 Å². The van der Waals surface area contributed by atoms with Crippen LogP contribution in [0.4, 0.5) is 5.69 Å². The Morgan fingerprint density at radius 2 is 1.92 bits per heavy atom. The highest BCUT2D eigenvalue weighted by Crippen LogP contribution is 2.18. The summed E-state index contributed by atoms with van der Waals surface area (Å²) < 4.78 is 5.64. The fourth-order valence-corrected chi connectivity index (χ4v) is 2.31. The third-order valence-electron chi connectivity index (χ3n) is 3.69. The minimum absolute atomic E-state index is 0.266. The molecule has 26 heavy (non-hydrogen) atoms. The van der Waals surface area contributed by atoms with Crippen LogP contribution >= 0.6 is 0 Å². The maximum Gasteiger partial charge on any atom is 0.255 e. The molecule has 136 valence electrons. The van der Waals surface area contributed by atoms with Gasteiger partial charge >= 0.3 is 0 Å². The summed E-state index contributed by atoms with van der Waals surface area (Å²) in [6, 6.07) is 13.9. The number of hydrogen-bond donors (Lipinski definition) is 2. The Kier molecular flexibility index (Phi) is 7.43. The van der Waals surface area contributed by atoms with Crippen LogP contribution in [0.2, 0.25) is 0 Å². The Balaban J connectivity index is 2.11. The Labute approximate surface area is 154 Å². The van der Waals surface area contributed by atoms with Gasteiger partial charge in [0, 0.05) is 12.1 Å². The Morgan fingerprint density at radius 3 is 2.69 bits per heavy atom. The normalized spacial score (nSPS) is 10.0. The van der Waals surface area contributed by atoms with Crippen LogP contribution in [0, 0.1) is 0 Å². The monoisotopic (exact) mass is 352 g/mol. The van der Waals surface area contributed by atoms with E-state index in [2.05, 4.69) is 24.1 Å². The molecule has 2 rings (SSSR count). The number of rotatable bonds is 9. The highest BCUT2D eigenvalue weighted by Gasteiger charge is 2.14. The fraction of sp³-hybridized carbons (Fsp3) is 0.238. The molecule has 0 atom stereocenters. The molecule has 0 saturated heterocycles. The molecule has 0 spiro atoms. The van der Waals surface area contributed by atoms with Gasteiger partial charge in [-0.3, -0.25) is 9.59 Å². The zero-order valence-electron chi connectivity index (χ0n) is 15.0. The number of carbonyl (C=O) groups excluding carboxylic acids is 2. The molecule has 0 heterocycles. The zero-order valence-corrected chi connectivity index (χ0v) is 15.0. The predicted octanol–water partition coefficient (Wildman–Crippen LogP) is 4.03. The Bertz CT molecular complexity index is 771. The molecule has 0 unspecified atom stereocenters. The highest BCUT2D eigenvalue weighted by molar-refractivity contribution is 6.09. The number of para-hydroxylation sites is 1. The van der Waals surface area contributed by atoms with Gasteiger partial charge in [-0.15, -0.1) is 6.58 Å². The van der Waals surface area contributed by atoms with Crippen LogP contribution < -0.4 is 15.4 Å². The van der Waals surface area contributed by atoms with Crippen LogP contribution in [-0.4, -0.2) is 25.0 Å². The summed E-state index contributed by atoms with van der Waals surface area (Å²) in [5, 5.41) is 5.51. The number of carbonyl (C=O) groups is 2. The Morgan fingerprint density at radius 1 is 1.12 bits per heavy atom. The molecule has 2 aromatic carbocycles. The van der Waals surface area contributed by atoms with Crippen molar-refractivity contribution >= 4 is 17.5 Å². The lowest BCUT2D eigenvalue weighted by Crippen LogP contribution is -2.25. The molecule has 0 aliphatic carbocycles. The molecule has 0 fully saturated rings. The van der Waals surface area contributed by atoms with Crippen LogP contribution in [0.5, 0.6) is 5.75 Å². The van der Waals surface area contributed by atoms with E-state index in [4.69, 9.17) is 4.74 Å². The largest absolute Gasteiger partial charge is 0.494 e. The average Bonchev–Trinajstić information content (AvgIpc) is 2.67. The summed E-state index contributed by atoms with van der Waals surface area (Å²) in [7, 11) is 0. The molecule has 0 radical (unpaired) electrons. The van der Waals surface area contributed by atoms with Gasteiger partial charge in [0.2, 0.25) is 0 Å².